The summed E-state index contributed by atoms with van der Waals surface area (Å²) >= 11 is 0. The lowest BCUT2D eigenvalue weighted by Gasteiger charge is -2.18. The first-order valence-corrected chi connectivity index (χ1v) is 5.05. The molecule has 0 radical (unpaired) electrons. The van der Waals surface area contributed by atoms with Gasteiger partial charge in [0.15, 0.2) is 5.65 Å². The molecule has 17 heavy (non-hydrogen) atoms. The summed E-state index contributed by atoms with van der Waals surface area (Å²) < 4.78 is 0. The third kappa shape index (κ3) is 2.27. The third-order valence-electron chi connectivity index (χ3n) is 2.43. The first-order valence-electron chi connectivity index (χ1n) is 5.05. The molecule has 1 unspecified atom stereocenters. The topological polar surface area (TPSA) is 141 Å². The predicted octanol–water partition coefficient (Wildman–Crippen LogP) is -1.81. The van der Waals surface area contributed by atoms with Gasteiger partial charge in [-0.3, -0.25) is 14.8 Å². The minimum atomic E-state index is -1.11. The minimum absolute atomic E-state index is 0.0664. The van der Waals surface area contributed by atoms with Crippen molar-refractivity contribution in [3.8, 4) is 0 Å². The van der Waals surface area contributed by atoms with Gasteiger partial charge in [0.05, 0.1) is 5.60 Å². The Balaban J connectivity index is 2.49. The SMILES string of the molecule is CC(O)(CN)Cc1nc2[nH]c(=O)[nH]c(=O)c2[nH]1. The van der Waals surface area contributed by atoms with Crippen molar-refractivity contribution in [2.75, 3.05) is 6.54 Å². The highest BCUT2D eigenvalue weighted by Crippen LogP contribution is 2.10. The van der Waals surface area contributed by atoms with E-state index in [1.807, 2.05) is 0 Å². The first-order chi connectivity index (χ1) is 7.91. The monoisotopic (exact) mass is 239 g/mol. The second-order valence-corrected chi connectivity index (χ2v) is 4.19. The van der Waals surface area contributed by atoms with E-state index in [2.05, 4.69) is 19.9 Å². The Morgan fingerprint density at radius 3 is 2.71 bits per heavy atom. The zero-order chi connectivity index (χ0) is 12.6. The molecular formula is C9H13N5O3. The molecule has 6 N–H and O–H groups in total. The molecule has 0 aliphatic carbocycles. The van der Waals surface area contributed by atoms with Crippen molar-refractivity contribution in [2.24, 2.45) is 5.73 Å². The van der Waals surface area contributed by atoms with Crippen LogP contribution < -0.4 is 17.0 Å². The zero-order valence-corrected chi connectivity index (χ0v) is 9.20. The minimum Gasteiger partial charge on any atom is -0.388 e. The van der Waals surface area contributed by atoms with E-state index < -0.39 is 16.9 Å². The summed E-state index contributed by atoms with van der Waals surface area (Å²) in [5.74, 6) is 0.391. The van der Waals surface area contributed by atoms with Gasteiger partial charge in [-0.25, -0.2) is 9.78 Å². The summed E-state index contributed by atoms with van der Waals surface area (Å²) in [6.45, 7) is 1.63. The van der Waals surface area contributed by atoms with Gasteiger partial charge in [0.2, 0.25) is 0 Å². The summed E-state index contributed by atoms with van der Waals surface area (Å²) in [5.41, 5.74) is 3.45. The first kappa shape index (κ1) is 11.6. The lowest BCUT2D eigenvalue weighted by molar-refractivity contribution is 0.0678. The smallest absolute Gasteiger partial charge is 0.327 e. The molecule has 0 bridgehead atoms. The number of nitrogens with one attached hydrogen (secondary N) is 3. The summed E-state index contributed by atoms with van der Waals surface area (Å²) in [6.07, 6.45) is 0.166. The maximum atomic E-state index is 11.4. The fourth-order valence-corrected chi connectivity index (χ4v) is 1.50. The quantitative estimate of drug-likeness (QED) is 0.429. The van der Waals surface area contributed by atoms with Crippen LogP contribution in [-0.4, -0.2) is 37.2 Å². The number of rotatable bonds is 3. The number of aliphatic hydroxyl groups is 1. The third-order valence-corrected chi connectivity index (χ3v) is 2.43. The molecule has 2 heterocycles. The zero-order valence-electron chi connectivity index (χ0n) is 9.20. The van der Waals surface area contributed by atoms with E-state index in [4.69, 9.17) is 5.73 Å². The Morgan fingerprint density at radius 1 is 1.35 bits per heavy atom. The molecule has 2 rings (SSSR count). The molecule has 0 amide bonds. The Kier molecular flexibility index (Phi) is 2.60. The van der Waals surface area contributed by atoms with Crippen LogP contribution in [0.5, 0.6) is 0 Å². The summed E-state index contributed by atoms with van der Waals surface area (Å²) in [6, 6.07) is 0. The van der Waals surface area contributed by atoms with E-state index in [9.17, 15) is 14.7 Å². The standard InChI is InChI=1S/C9H13N5O3/c1-9(17,3-10)2-4-11-5-6(12-4)13-8(16)14-7(5)15/h17H,2-3,10H2,1H3,(H3,11,12,13,14,15,16). The van der Waals surface area contributed by atoms with Crippen LogP contribution in [0.1, 0.15) is 12.7 Å². The van der Waals surface area contributed by atoms with Gasteiger partial charge in [-0.15, -0.1) is 0 Å². The molecule has 0 saturated carbocycles. The van der Waals surface area contributed by atoms with Crippen molar-refractivity contribution in [1.82, 2.24) is 19.9 Å². The van der Waals surface area contributed by atoms with Crippen LogP contribution in [0.3, 0.4) is 0 Å². The number of fused-ring (bicyclic) bond motifs is 1. The Hall–Kier alpha value is -1.93. The number of aromatic amines is 3. The van der Waals surface area contributed by atoms with Crippen molar-refractivity contribution in [3.05, 3.63) is 26.7 Å². The van der Waals surface area contributed by atoms with Crippen molar-refractivity contribution in [3.63, 3.8) is 0 Å². The molecule has 0 saturated heterocycles. The van der Waals surface area contributed by atoms with Crippen LogP contribution in [0.25, 0.3) is 11.2 Å². The second-order valence-electron chi connectivity index (χ2n) is 4.19. The summed E-state index contributed by atoms with van der Waals surface area (Å²) in [5, 5.41) is 9.78. The Labute approximate surface area is 94.9 Å². The van der Waals surface area contributed by atoms with Crippen LogP contribution in [0.15, 0.2) is 9.59 Å². The molecule has 92 valence electrons. The average Bonchev–Trinajstić information content (AvgIpc) is 2.59. The van der Waals surface area contributed by atoms with Gasteiger partial charge < -0.3 is 15.8 Å². The predicted molar refractivity (Wildman–Crippen MR) is 60.7 cm³/mol. The van der Waals surface area contributed by atoms with Crippen LogP contribution in [-0.2, 0) is 6.42 Å². The van der Waals surface area contributed by atoms with Crippen molar-refractivity contribution in [1.29, 1.82) is 0 Å². The molecule has 0 aliphatic rings. The van der Waals surface area contributed by atoms with E-state index in [0.717, 1.165) is 0 Å². The highest BCUT2D eigenvalue weighted by Gasteiger charge is 2.21. The lowest BCUT2D eigenvalue weighted by Crippen LogP contribution is -2.36. The molecule has 2 aromatic rings. The van der Waals surface area contributed by atoms with Gasteiger partial charge in [0.1, 0.15) is 11.3 Å². The molecule has 0 fully saturated rings. The van der Waals surface area contributed by atoms with E-state index in [-0.39, 0.29) is 24.1 Å². The molecule has 0 aromatic carbocycles. The largest absolute Gasteiger partial charge is 0.388 e. The number of hydrogen-bond acceptors (Lipinski definition) is 5. The van der Waals surface area contributed by atoms with Crippen LogP contribution in [0.4, 0.5) is 0 Å². The fourth-order valence-electron chi connectivity index (χ4n) is 1.50. The van der Waals surface area contributed by atoms with Gasteiger partial charge >= 0.3 is 5.69 Å². The normalized spacial score (nSPS) is 15.0. The van der Waals surface area contributed by atoms with E-state index in [1.165, 1.54) is 0 Å². The molecule has 8 heteroatoms. The highest BCUT2D eigenvalue weighted by atomic mass is 16.3. The van der Waals surface area contributed by atoms with E-state index in [0.29, 0.717) is 5.82 Å². The molecule has 0 spiro atoms. The maximum Gasteiger partial charge on any atom is 0.327 e. The molecule has 2 aromatic heterocycles. The van der Waals surface area contributed by atoms with Gasteiger partial charge in [-0.2, -0.15) is 0 Å². The fraction of sp³-hybridized carbons (Fsp3) is 0.444. The highest BCUT2D eigenvalue weighted by molar-refractivity contribution is 5.68. The van der Waals surface area contributed by atoms with Crippen LogP contribution in [0.2, 0.25) is 0 Å². The van der Waals surface area contributed by atoms with Crippen LogP contribution >= 0.6 is 0 Å². The van der Waals surface area contributed by atoms with Crippen LogP contribution in [0, 0.1) is 0 Å². The van der Waals surface area contributed by atoms with Crippen molar-refractivity contribution >= 4 is 11.2 Å². The second kappa shape index (κ2) is 3.82. The Morgan fingerprint density at radius 2 is 2.06 bits per heavy atom. The number of aromatic nitrogens is 4. The van der Waals surface area contributed by atoms with Crippen molar-refractivity contribution < 1.29 is 5.11 Å². The average molecular weight is 239 g/mol. The van der Waals surface area contributed by atoms with E-state index >= 15 is 0 Å². The molecule has 1 atom stereocenters. The van der Waals surface area contributed by atoms with E-state index in [1.54, 1.807) is 6.92 Å². The lowest BCUT2D eigenvalue weighted by atomic mass is 10.0. The number of H-pyrrole nitrogens is 3. The summed E-state index contributed by atoms with van der Waals surface area (Å²) in [7, 11) is 0. The van der Waals surface area contributed by atoms with Gasteiger partial charge in [-0.05, 0) is 6.92 Å². The maximum absolute atomic E-state index is 11.4. The number of hydrogen-bond donors (Lipinski definition) is 5. The Bertz CT molecular complexity index is 650. The van der Waals surface area contributed by atoms with Crippen molar-refractivity contribution in [2.45, 2.75) is 18.9 Å². The molecular weight excluding hydrogens is 226 g/mol. The van der Waals surface area contributed by atoms with Gasteiger partial charge in [0.25, 0.3) is 5.56 Å². The van der Waals surface area contributed by atoms with Gasteiger partial charge in [0, 0.05) is 13.0 Å². The number of nitrogens with two attached hydrogens (primary N) is 1. The molecule has 8 nitrogen and oxygen atoms in total. The summed E-state index contributed by atoms with van der Waals surface area (Å²) in [4.78, 5) is 33.7. The molecule has 0 aliphatic heterocycles. The van der Waals surface area contributed by atoms with Gasteiger partial charge in [-0.1, -0.05) is 0 Å². The number of nitrogens with zero attached hydrogens (tertiary/aromatic N) is 1. The number of imidazole rings is 1.